The van der Waals surface area contributed by atoms with E-state index in [-0.39, 0.29) is 0 Å². The van der Waals surface area contributed by atoms with Crippen molar-refractivity contribution in [3.05, 3.63) is 0 Å². The summed E-state index contributed by atoms with van der Waals surface area (Å²) < 4.78 is 0. The van der Waals surface area contributed by atoms with Crippen LogP contribution in [0.3, 0.4) is 0 Å². The SMILES string of the molecule is CC(C)(C)[Si](C1CCCCC1)(C(C)(C)C)C(C)(C)C. The van der Waals surface area contributed by atoms with E-state index in [4.69, 9.17) is 0 Å². The molecule has 0 atom stereocenters. The molecule has 0 aromatic heterocycles. The standard InChI is InChI=1S/C18H38Si/c1-16(2,3)19(17(4,5)6,18(7,8)9)15-13-11-10-12-14-15/h15H,10-14H2,1-9H3. The molecule has 0 spiro atoms. The molecule has 114 valence electrons. The van der Waals surface area contributed by atoms with E-state index in [0.29, 0.717) is 15.1 Å². The minimum atomic E-state index is -1.50. The average molecular weight is 283 g/mol. The van der Waals surface area contributed by atoms with Gasteiger partial charge in [0.05, 0.1) is 8.07 Å². The van der Waals surface area contributed by atoms with Crippen LogP contribution in [0.15, 0.2) is 0 Å². The molecule has 1 rings (SSSR count). The molecular formula is C18H38Si. The van der Waals surface area contributed by atoms with Crippen LogP contribution in [0.1, 0.15) is 94.4 Å². The van der Waals surface area contributed by atoms with Crippen LogP contribution >= 0.6 is 0 Å². The third-order valence-electron chi connectivity index (χ3n) is 5.77. The van der Waals surface area contributed by atoms with E-state index in [1.165, 1.54) is 32.1 Å². The maximum absolute atomic E-state index is 2.55. The van der Waals surface area contributed by atoms with Crippen molar-refractivity contribution < 1.29 is 0 Å². The topological polar surface area (TPSA) is 0 Å². The second-order valence-electron chi connectivity index (χ2n) is 9.89. The fourth-order valence-electron chi connectivity index (χ4n) is 6.75. The first kappa shape index (κ1) is 17.3. The Morgan fingerprint density at radius 1 is 0.579 bits per heavy atom. The molecule has 1 fully saturated rings. The smallest absolute Gasteiger partial charge is 0.0625 e. The molecule has 19 heavy (non-hydrogen) atoms. The summed E-state index contributed by atoms with van der Waals surface area (Å²) in [5, 5.41) is 1.43. The normalized spacial score (nSPS) is 20.7. The number of rotatable bonds is 1. The Morgan fingerprint density at radius 3 is 1.16 bits per heavy atom. The Hall–Kier alpha value is 0.217. The van der Waals surface area contributed by atoms with Crippen LogP contribution in [0.5, 0.6) is 0 Å². The first-order valence-corrected chi connectivity index (χ1v) is 10.4. The zero-order valence-corrected chi connectivity index (χ0v) is 16.1. The highest BCUT2D eigenvalue weighted by atomic mass is 28.3. The summed E-state index contributed by atoms with van der Waals surface area (Å²) in [6, 6.07) is 0. The molecular weight excluding hydrogens is 244 g/mol. The zero-order valence-electron chi connectivity index (χ0n) is 15.1. The zero-order chi connectivity index (χ0) is 15.1. The maximum atomic E-state index is 2.55. The quantitative estimate of drug-likeness (QED) is 0.447. The molecule has 0 heterocycles. The molecule has 0 nitrogen and oxygen atoms in total. The van der Waals surface area contributed by atoms with Crippen LogP contribution in [0.25, 0.3) is 0 Å². The Bertz CT molecular complexity index is 253. The average Bonchev–Trinajstić information content (AvgIpc) is 2.12. The van der Waals surface area contributed by atoms with Gasteiger partial charge >= 0.3 is 0 Å². The lowest BCUT2D eigenvalue weighted by Gasteiger charge is -2.64. The van der Waals surface area contributed by atoms with Crippen LogP contribution < -0.4 is 0 Å². The third kappa shape index (κ3) is 2.82. The van der Waals surface area contributed by atoms with E-state index < -0.39 is 8.07 Å². The van der Waals surface area contributed by atoms with Crippen molar-refractivity contribution in [1.82, 2.24) is 0 Å². The van der Waals surface area contributed by atoms with Crippen molar-refractivity contribution >= 4 is 8.07 Å². The van der Waals surface area contributed by atoms with Crippen molar-refractivity contribution in [2.45, 2.75) is 115 Å². The summed E-state index contributed by atoms with van der Waals surface area (Å²) in [5.74, 6) is 0. The highest BCUT2D eigenvalue weighted by molar-refractivity contribution is 6.88. The van der Waals surface area contributed by atoms with Crippen molar-refractivity contribution in [1.29, 1.82) is 0 Å². The van der Waals surface area contributed by atoms with Crippen LogP contribution in [-0.2, 0) is 0 Å². The van der Waals surface area contributed by atoms with Crippen molar-refractivity contribution in [2.75, 3.05) is 0 Å². The monoisotopic (exact) mass is 282 g/mol. The van der Waals surface area contributed by atoms with E-state index >= 15 is 0 Å². The Morgan fingerprint density at radius 2 is 0.895 bits per heavy atom. The Balaban J connectivity index is 3.44. The maximum Gasteiger partial charge on any atom is 0.0728 e. The first-order valence-electron chi connectivity index (χ1n) is 8.36. The molecule has 1 heteroatoms. The Labute approximate surface area is 123 Å². The van der Waals surface area contributed by atoms with E-state index in [9.17, 15) is 0 Å². The fourth-order valence-corrected chi connectivity index (χ4v) is 18.4. The van der Waals surface area contributed by atoms with Gasteiger partial charge in [0.15, 0.2) is 0 Å². The van der Waals surface area contributed by atoms with Gasteiger partial charge in [0, 0.05) is 0 Å². The second-order valence-corrected chi connectivity index (χ2v) is 16.8. The van der Waals surface area contributed by atoms with E-state index in [2.05, 4.69) is 62.3 Å². The molecule has 0 bridgehead atoms. The van der Waals surface area contributed by atoms with Gasteiger partial charge in [0.2, 0.25) is 0 Å². The van der Waals surface area contributed by atoms with Crippen LogP contribution in [0, 0.1) is 0 Å². The van der Waals surface area contributed by atoms with Crippen molar-refractivity contribution in [3.63, 3.8) is 0 Å². The van der Waals surface area contributed by atoms with E-state index in [0.717, 1.165) is 5.54 Å². The van der Waals surface area contributed by atoms with E-state index in [1.54, 1.807) is 0 Å². The van der Waals surface area contributed by atoms with Gasteiger partial charge < -0.3 is 0 Å². The van der Waals surface area contributed by atoms with Crippen molar-refractivity contribution in [3.8, 4) is 0 Å². The predicted octanol–water partition coefficient (Wildman–Crippen LogP) is 7.17. The van der Waals surface area contributed by atoms with Crippen LogP contribution in [0.4, 0.5) is 0 Å². The number of hydrogen-bond donors (Lipinski definition) is 0. The van der Waals surface area contributed by atoms with Gasteiger partial charge in [0.1, 0.15) is 0 Å². The first-order chi connectivity index (χ1) is 8.36. The lowest BCUT2D eigenvalue weighted by molar-refractivity contribution is 0.424. The van der Waals surface area contributed by atoms with Crippen LogP contribution in [-0.4, -0.2) is 8.07 Å². The van der Waals surface area contributed by atoms with Crippen LogP contribution in [0.2, 0.25) is 20.7 Å². The largest absolute Gasteiger partial charge is 0.0728 e. The van der Waals surface area contributed by atoms with Gasteiger partial charge in [0.25, 0.3) is 0 Å². The predicted molar refractivity (Wildman–Crippen MR) is 91.7 cm³/mol. The molecule has 0 radical (unpaired) electrons. The minimum absolute atomic E-state index is 0.478. The van der Waals surface area contributed by atoms with Gasteiger partial charge in [-0.15, -0.1) is 0 Å². The van der Waals surface area contributed by atoms with Gasteiger partial charge in [-0.2, -0.15) is 0 Å². The fraction of sp³-hybridized carbons (Fsp3) is 1.00. The highest BCUT2D eigenvalue weighted by Crippen LogP contribution is 2.68. The summed E-state index contributed by atoms with van der Waals surface area (Å²) in [7, 11) is -1.50. The summed E-state index contributed by atoms with van der Waals surface area (Å²) in [6.45, 7) is 22.9. The molecule has 0 N–H and O–H groups in total. The van der Waals surface area contributed by atoms with Gasteiger partial charge in [-0.25, -0.2) is 0 Å². The van der Waals surface area contributed by atoms with Crippen molar-refractivity contribution in [2.24, 2.45) is 0 Å². The van der Waals surface area contributed by atoms with Gasteiger partial charge in [-0.05, 0) is 20.7 Å². The molecule has 0 aromatic rings. The summed E-state index contributed by atoms with van der Waals surface area (Å²) in [6.07, 6.45) is 7.42. The summed E-state index contributed by atoms with van der Waals surface area (Å²) in [4.78, 5) is 0. The van der Waals surface area contributed by atoms with Gasteiger partial charge in [-0.1, -0.05) is 94.4 Å². The lowest BCUT2D eigenvalue weighted by Crippen LogP contribution is -2.61. The molecule has 1 aliphatic rings. The highest BCUT2D eigenvalue weighted by Gasteiger charge is 2.62. The molecule has 0 saturated heterocycles. The molecule has 1 aliphatic carbocycles. The summed E-state index contributed by atoms with van der Waals surface area (Å²) in [5.41, 5.74) is 1.02. The molecule has 0 aromatic carbocycles. The molecule has 0 amide bonds. The second kappa shape index (κ2) is 5.20. The Kier molecular flexibility index (Phi) is 4.73. The molecule has 0 aliphatic heterocycles. The van der Waals surface area contributed by atoms with Gasteiger partial charge in [-0.3, -0.25) is 0 Å². The number of hydrogen-bond acceptors (Lipinski definition) is 0. The summed E-state index contributed by atoms with van der Waals surface area (Å²) >= 11 is 0. The van der Waals surface area contributed by atoms with E-state index in [1.807, 2.05) is 0 Å². The third-order valence-corrected chi connectivity index (χ3v) is 14.7. The lowest BCUT2D eigenvalue weighted by atomic mass is 10.00. The molecule has 1 saturated carbocycles. The minimum Gasteiger partial charge on any atom is -0.0625 e. The molecule has 0 unspecified atom stereocenters.